The predicted molar refractivity (Wildman–Crippen MR) is 129 cm³/mol. The average Bonchev–Trinajstić information content (AvgIpc) is 3.45. The van der Waals surface area contributed by atoms with E-state index in [4.69, 9.17) is 15.7 Å². The third kappa shape index (κ3) is 5.41. The Balaban J connectivity index is 1.52. The lowest BCUT2D eigenvalue weighted by Gasteiger charge is -2.12. The number of unbranched alkanes of at least 4 members (excludes halogenated alkanes) is 2. The molecule has 0 aliphatic carbocycles. The van der Waals surface area contributed by atoms with Crippen LogP contribution in [0.15, 0.2) is 56.4 Å². The van der Waals surface area contributed by atoms with Crippen molar-refractivity contribution in [3.63, 3.8) is 0 Å². The normalized spacial score (nSPS) is 11.2. The smallest absolute Gasteiger partial charge is 0.262 e. The lowest BCUT2D eigenvalue weighted by Crippen LogP contribution is -2.23. The van der Waals surface area contributed by atoms with Gasteiger partial charge >= 0.3 is 0 Å². The van der Waals surface area contributed by atoms with Crippen LogP contribution in [0.1, 0.15) is 31.4 Å². The maximum absolute atomic E-state index is 13.1. The van der Waals surface area contributed by atoms with Gasteiger partial charge in [-0.1, -0.05) is 30.3 Å². The van der Waals surface area contributed by atoms with Crippen molar-refractivity contribution in [3.05, 3.63) is 62.5 Å². The second kappa shape index (κ2) is 10.2. The van der Waals surface area contributed by atoms with E-state index in [9.17, 15) is 9.59 Å². The van der Waals surface area contributed by atoms with Crippen LogP contribution in [-0.4, -0.2) is 20.4 Å². The monoisotopic (exact) mass is 470 g/mol. The minimum atomic E-state index is -0.286. The highest BCUT2D eigenvalue weighted by Crippen LogP contribution is 2.29. The topological polar surface area (TPSA) is 90.9 Å². The molecule has 0 unspecified atom stereocenters. The van der Waals surface area contributed by atoms with Gasteiger partial charge in [-0.2, -0.15) is 11.3 Å². The van der Waals surface area contributed by atoms with Crippen LogP contribution in [0.5, 0.6) is 0 Å². The number of carbonyl (C=O) groups excluding carboxylic acids is 1. The minimum Gasteiger partial charge on any atom is -0.370 e. The van der Waals surface area contributed by atoms with E-state index in [2.05, 4.69) is 16.8 Å². The van der Waals surface area contributed by atoms with Gasteiger partial charge in [-0.3, -0.25) is 14.2 Å². The summed E-state index contributed by atoms with van der Waals surface area (Å²) in [6.07, 6.45) is 2.74. The second-order valence-corrected chi connectivity index (χ2v) is 9.67. The zero-order valence-electron chi connectivity index (χ0n) is 16.8. The lowest BCUT2D eigenvalue weighted by atomic mass is 10.2. The number of fused-ring (bicyclic) bond motifs is 1. The quantitative estimate of drug-likeness (QED) is 0.202. The standard InChI is InChI=1S/C22H22N4O2S3/c23-19(27)8-2-1-5-10-26-21(28)17-6-3-4-7-18(17)25-22(26)31-14-16-13-30-20(24-16)15-9-11-29-12-15/h3-4,6-7,9,11-13H,1-2,5,8,10,14H2,(H2,23,27). The maximum atomic E-state index is 13.1. The summed E-state index contributed by atoms with van der Waals surface area (Å²) in [5.41, 5.74) is 8.01. The molecule has 2 N–H and O–H groups in total. The fraction of sp³-hybridized carbons (Fsp3) is 0.273. The van der Waals surface area contributed by atoms with Crippen LogP contribution in [0.2, 0.25) is 0 Å². The van der Waals surface area contributed by atoms with Crippen LogP contribution < -0.4 is 11.3 Å². The molecule has 0 atom stereocenters. The molecular formula is C22H22N4O2S3. The molecule has 0 fully saturated rings. The number of aromatic nitrogens is 3. The molecule has 1 amide bonds. The molecule has 0 spiro atoms. The Bertz CT molecular complexity index is 1230. The molecule has 0 bridgehead atoms. The van der Waals surface area contributed by atoms with Crippen LogP contribution >= 0.6 is 34.4 Å². The molecule has 31 heavy (non-hydrogen) atoms. The summed E-state index contributed by atoms with van der Waals surface area (Å²) in [4.78, 5) is 33.5. The Morgan fingerprint density at radius 3 is 2.77 bits per heavy atom. The number of amides is 1. The van der Waals surface area contributed by atoms with E-state index in [-0.39, 0.29) is 11.5 Å². The lowest BCUT2D eigenvalue weighted by molar-refractivity contribution is -0.118. The molecule has 0 aliphatic heterocycles. The van der Waals surface area contributed by atoms with Crippen molar-refractivity contribution in [1.29, 1.82) is 0 Å². The van der Waals surface area contributed by atoms with E-state index in [1.165, 1.54) is 11.8 Å². The Labute approximate surface area is 192 Å². The van der Waals surface area contributed by atoms with Crippen LogP contribution in [0.3, 0.4) is 0 Å². The van der Waals surface area contributed by atoms with Crippen molar-refractivity contribution in [1.82, 2.24) is 14.5 Å². The van der Waals surface area contributed by atoms with Crippen LogP contribution in [0.25, 0.3) is 21.5 Å². The number of nitrogens with zero attached hydrogens (tertiary/aromatic N) is 3. The summed E-state index contributed by atoms with van der Waals surface area (Å²) in [5, 5.41) is 8.53. The SMILES string of the molecule is NC(=O)CCCCCn1c(SCc2csc(-c3ccsc3)n2)nc2ccccc2c1=O. The van der Waals surface area contributed by atoms with Crippen molar-refractivity contribution in [2.75, 3.05) is 0 Å². The van der Waals surface area contributed by atoms with Crippen molar-refractivity contribution in [3.8, 4) is 10.6 Å². The van der Waals surface area contributed by atoms with Crippen LogP contribution in [0, 0.1) is 0 Å². The van der Waals surface area contributed by atoms with Gasteiger partial charge in [0.1, 0.15) is 5.01 Å². The van der Waals surface area contributed by atoms with Crippen molar-refractivity contribution < 1.29 is 4.79 Å². The molecular weight excluding hydrogens is 448 g/mol. The summed E-state index contributed by atoms with van der Waals surface area (Å²) in [6, 6.07) is 9.51. The summed E-state index contributed by atoms with van der Waals surface area (Å²) < 4.78 is 1.75. The largest absolute Gasteiger partial charge is 0.370 e. The third-order valence-electron chi connectivity index (χ3n) is 4.80. The third-order valence-corrected chi connectivity index (χ3v) is 7.43. The predicted octanol–water partition coefficient (Wildman–Crippen LogP) is 4.92. The first-order chi connectivity index (χ1) is 15.1. The van der Waals surface area contributed by atoms with Crippen molar-refractivity contribution >= 4 is 51.2 Å². The van der Waals surface area contributed by atoms with Gasteiger partial charge in [0, 0.05) is 35.0 Å². The first-order valence-electron chi connectivity index (χ1n) is 9.99. The number of benzene rings is 1. The van der Waals surface area contributed by atoms with Gasteiger partial charge in [-0.25, -0.2) is 9.97 Å². The first kappa shape index (κ1) is 21.7. The average molecular weight is 471 g/mol. The summed E-state index contributed by atoms with van der Waals surface area (Å²) in [5.74, 6) is 0.360. The molecule has 3 heterocycles. The fourth-order valence-electron chi connectivity index (χ4n) is 3.23. The number of thiophene rings is 1. The molecule has 4 aromatic rings. The number of thiazole rings is 1. The maximum Gasteiger partial charge on any atom is 0.262 e. The van der Waals surface area contributed by atoms with Gasteiger partial charge in [0.25, 0.3) is 5.56 Å². The first-order valence-corrected chi connectivity index (χ1v) is 12.8. The fourth-order valence-corrected chi connectivity index (χ4v) is 5.79. The van der Waals surface area contributed by atoms with Gasteiger partial charge in [0.05, 0.1) is 16.6 Å². The van der Waals surface area contributed by atoms with E-state index in [0.717, 1.165) is 35.5 Å². The number of rotatable bonds is 10. The second-order valence-electron chi connectivity index (χ2n) is 7.09. The van der Waals surface area contributed by atoms with Gasteiger partial charge < -0.3 is 5.73 Å². The Morgan fingerprint density at radius 1 is 1.10 bits per heavy atom. The highest BCUT2D eigenvalue weighted by atomic mass is 32.2. The zero-order chi connectivity index (χ0) is 21.6. The number of hydrogen-bond donors (Lipinski definition) is 1. The molecule has 3 aromatic heterocycles. The summed E-state index contributed by atoms with van der Waals surface area (Å²) in [7, 11) is 0. The van der Waals surface area contributed by atoms with E-state index >= 15 is 0 Å². The van der Waals surface area contributed by atoms with Gasteiger partial charge in [0.2, 0.25) is 5.91 Å². The number of nitrogens with two attached hydrogens (primary N) is 1. The van der Waals surface area contributed by atoms with Crippen molar-refractivity contribution in [2.24, 2.45) is 5.73 Å². The number of thioether (sulfide) groups is 1. The minimum absolute atomic E-state index is 0.0276. The Morgan fingerprint density at radius 2 is 1.97 bits per heavy atom. The molecule has 1 aromatic carbocycles. The molecule has 6 nitrogen and oxygen atoms in total. The van der Waals surface area contributed by atoms with E-state index in [0.29, 0.717) is 34.8 Å². The van der Waals surface area contributed by atoms with Gasteiger partial charge in [0.15, 0.2) is 5.16 Å². The molecule has 0 saturated heterocycles. The molecule has 0 saturated carbocycles. The number of primary amides is 1. The summed E-state index contributed by atoms with van der Waals surface area (Å²) in [6.45, 7) is 0.564. The van der Waals surface area contributed by atoms with Gasteiger partial charge in [-0.15, -0.1) is 11.3 Å². The van der Waals surface area contributed by atoms with Gasteiger partial charge in [-0.05, 0) is 36.4 Å². The summed E-state index contributed by atoms with van der Waals surface area (Å²) >= 11 is 4.82. The zero-order valence-corrected chi connectivity index (χ0v) is 19.3. The molecule has 160 valence electrons. The van der Waals surface area contributed by atoms with Crippen LogP contribution in [0.4, 0.5) is 0 Å². The number of para-hydroxylation sites is 1. The Kier molecular flexibility index (Phi) is 7.16. The highest BCUT2D eigenvalue weighted by molar-refractivity contribution is 7.98. The van der Waals surface area contributed by atoms with Crippen molar-refractivity contribution in [2.45, 2.75) is 43.1 Å². The number of carbonyl (C=O) groups is 1. The molecule has 0 aliphatic rings. The highest BCUT2D eigenvalue weighted by Gasteiger charge is 2.13. The number of hydrogen-bond acceptors (Lipinski definition) is 7. The Hall–Kier alpha value is -2.49. The van der Waals surface area contributed by atoms with E-state index < -0.39 is 0 Å². The van der Waals surface area contributed by atoms with Crippen LogP contribution in [-0.2, 0) is 17.1 Å². The molecule has 0 radical (unpaired) electrons. The molecule has 9 heteroatoms. The molecule has 4 rings (SSSR count). The van der Waals surface area contributed by atoms with E-state index in [1.807, 2.05) is 29.6 Å². The van der Waals surface area contributed by atoms with E-state index in [1.54, 1.807) is 27.2 Å².